The van der Waals surface area contributed by atoms with Crippen molar-refractivity contribution in [1.82, 2.24) is 10.2 Å². The highest BCUT2D eigenvalue weighted by molar-refractivity contribution is 7.90. The molecule has 0 aliphatic rings. The molecule has 5 nitrogen and oxygen atoms in total. The molecular formula is C11H12N2O3S. The summed E-state index contributed by atoms with van der Waals surface area (Å²) in [4.78, 5) is 0. The molecule has 0 spiro atoms. The van der Waals surface area contributed by atoms with Crippen LogP contribution in [0.1, 0.15) is 12.5 Å². The Morgan fingerprint density at radius 1 is 1.18 bits per heavy atom. The Morgan fingerprint density at radius 2 is 1.82 bits per heavy atom. The van der Waals surface area contributed by atoms with Crippen molar-refractivity contribution in [2.45, 2.75) is 18.6 Å². The zero-order chi connectivity index (χ0) is 12.5. The van der Waals surface area contributed by atoms with Gasteiger partial charge in [-0.05, 0) is 24.1 Å². The molecule has 2 rings (SSSR count). The van der Waals surface area contributed by atoms with E-state index in [1.807, 2.05) is 24.3 Å². The van der Waals surface area contributed by atoms with Gasteiger partial charge >= 0.3 is 5.22 Å². The lowest BCUT2D eigenvalue weighted by Crippen LogP contribution is -1.96. The van der Waals surface area contributed by atoms with Gasteiger partial charge in [-0.15, -0.1) is 5.10 Å². The van der Waals surface area contributed by atoms with E-state index in [0.717, 1.165) is 12.7 Å². The van der Waals surface area contributed by atoms with Gasteiger partial charge in [-0.1, -0.05) is 24.2 Å². The van der Waals surface area contributed by atoms with Crippen LogP contribution in [0.25, 0.3) is 11.5 Å². The molecular weight excluding hydrogens is 240 g/mol. The van der Waals surface area contributed by atoms with Gasteiger partial charge in [0.15, 0.2) is 0 Å². The summed E-state index contributed by atoms with van der Waals surface area (Å²) in [5, 5.41) is 6.86. The topological polar surface area (TPSA) is 73.1 Å². The Labute approximate surface area is 99.4 Å². The minimum atomic E-state index is -3.44. The average Bonchev–Trinajstić information content (AvgIpc) is 2.78. The predicted molar refractivity (Wildman–Crippen MR) is 62.2 cm³/mol. The van der Waals surface area contributed by atoms with E-state index in [1.54, 1.807) is 0 Å². The summed E-state index contributed by atoms with van der Waals surface area (Å²) in [6, 6.07) is 7.55. The van der Waals surface area contributed by atoms with E-state index in [-0.39, 0.29) is 11.1 Å². The van der Waals surface area contributed by atoms with E-state index in [0.29, 0.717) is 5.56 Å². The van der Waals surface area contributed by atoms with Gasteiger partial charge in [0.25, 0.3) is 0 Å². The third-order valence-corrected chi connectivity index (χ3v) is 3.13. The van der Waals surface area contributed by atoms with Gasteiger partial charge in [0.1, 0.15) is 0 Å². The molecule has 90 valence electrons. The number of aryl methyl sites for hydroxylation is 1. The molecule has 0 aliphatic carbocycles. The highest BCUT2D eigenvalue weighted by Gasteiger charge is 2.17. The molecule has 0 N–H and O–H groups in total. The number of benzene rings is 1. The van der Waals surface area contributed by atoms with E-state index < -0.39 is 9.84 Å². The predicted octanol–water partition coefficient (Wildman–Crippen LogP) is 1.70. The van der Waals surface area contributed by atoms with Crippen molar-refractivity contribution in [3.63, 3.8) is 0 Å². The first-order valence-electron chi connectivity index (χ1n) is 5.13. The molecule has 1 aromatic heterocycles. The van der Waals surface area contributed by atoms with Gasteiger partial charge in [0.2, 0.25) is 15.7 Å². The first kappa shape index (κ1) is 11.8. The fourth-order valence-electron chi connectivity index (χ4n) is 1.36. The van der Waals surface area contributed by atoms with Crippen LogP contribution in [0.15, 0.2) is 33.9 Å². The lowest BCUT2D eigenvalue weighted by molar-refractivity contribution is 0.442. The third kappa shape index (κ3) is 2.52. The smallest absolute Gasteiger partial charge is 0.335 e. The summed E-state index contributed by atoms with van der Waals surface area (Å²) in [5.41, 5.74) is 1.90. The van der Waals surface area contributed by atoms with Crippen LogP contribution in [0, 0.1) is 0 Å². The average molecular weight is 252 g/mol. The Balaban J connectivity index is 2.37. The Hall–Kier alpha value is -1.69. The van der Waals surface area contributed by atoms with Crippen LogP contribution in [0.2, 0.25) is 0 Å². The number of hydrogen-bond acceptors (Lipinski definition) is 5. The van der Waals surface area contributed by atoms with E-state index in [4.69, 9.17) is 4.42 Å². The molecule has 1 heterocycles. The maximum atomic E-state index is 11.2. The van der Waals surface area contributed by atoms with Crippen LogP contribution >= 0.6 is 0 Å². The standard InChI is InChI=1S/C11H12N2O3S/c1-3-8-4-6-9(7-5-8)10-12-13-11(16-10)17(2,14)15/h4-7H,3H2,1-2H3. The molecule has 0 saturated heterocycles. The summed E-state index contributed by atoms with van der Waals surface area (Å²) in [5.74, 6) is 0.216. The molecule has 0 saturated carbocycles. The van der Waals surface area contributed by atoms with E-state index in [1.165, 1.54) is 5.56 Å². The number of sulfone groups is 1. The lowest BCUT2D eigenvalue weighted by atomic mass is 10.1. The van der Waals surface area contributed by atoms with E-state index in [2.05, 4.69) is 17.1 Å². The molecule has 0 atom stereocenters. The summed E-state index contributed by atoms with van der Waals surface area (Å²) in [6.07, 6.45) is 1.98. The van der Waals surface area contributed by atoms with Gasteiger partial charge in [0, 0.05) is 11.8 Å². The Kier molecular flexibility index (Phi) is 2.97. The number of hydrogen-bond donors (Lipinski definition) is 0. The van der Waals surface area contributed by atoms with Gasteiger partial charge in [-0.2, -0.15) is 0 Å². The van der Waals surface area contributed by atoms with Crippen LogP contribution in [-0.2, 0) is 16.3 Å². The fourth-order valence-corrected chi connectivity index (χ4v) is 1.78. The third-order valence-electron chi connectivity index (χ3n) is 2.33. The molecule has 2 aromatic rings. The monoisotopic (exact) mass is 252 g/mol. The second-order valence-corrected chi connectivity index (χ2v) is 5.59. The minimum absolute atomic E-state index is 0.216. The van der Waals surface area contributed by atoms with E-state index >= 15 is 0 Å². The lowest BCUT2D eigenvalue weighted by Gasteiger charge is -1.97. The van der Waals surface area contributed by atoms with Crippen LogP contribution in [0.4, 0.5) is 0 Å². The normalized spacial score (nSPS) is 11.6. The molecule has 0 fully saturated rings. The zero-order valence-corrected chi connectivity index (χ0v) is 10.4. The maximum absolute atomic E-state index is 11.2. The molecule has 0 unspecified atom stereocenters. The molecule has 0 bridgehead atoms. The molecule has 0 amide bonds. The first-order valence-corrected chi connectivity index (χ1v) is 7.02. The molecule has 1 aromatic carbocycles. The van der Waals surface area contributed by atoms with Crippen LogP contribution in [0.5, 0.6) is 0 Å². The van der Waals surface area contributed by atoms with Crippen LogP contribution in [-0.4, -0.2) is 24.9 Å². The van der Waals surface area contributed by atoms with Crippen molar-refractivity contribution >= 4 is 9.84 Å². The van der Waals surface area contributed by atoms with Crippen molar-refractivity contribution in [3.05, 3.63) is 29.8 Å². The van der Waals surface area contributed by atoms with Gasteiger partial charge in [-0.25, -0.2) is 8.42 Å². The SMILES string of the molecule is CCc1ccc(-c2nnc(S(C)(=O)=O)o2)cc1. The Bertz CT molecular complexity index is 614. The van der Waals surface area contributed by atoms with Crippen molar-refractivity contribution in [2.75, 3.05) is 6.26 Å². The number of aromatic nitrogens is 2. The first-order chi connectivity index (χ1) is 8.00. The Morgan fingerprint density at radius 3 is 2.29 bits per heavy atom. The van der Waals surface area contributed by atoms with Crippen molar-refractivity contribution < 1.29 is 12.8 Å². The van der Waals surface area contributed by atoms with Crippen molar-refractivity contribution in [3.8, 4) is 11.5 Å². The molecule has 17 heavy (non-hydrogen) atoms. The largest absolute Gasteiger partial charge is 0.408 e. The fraction of sp³-hybridized carbons (Fsp3) is 0.273. The zero-order valence-electron chi connectivity index (χ0n) is 9.54. The van der Waals surface area contributed by atoms with Crippen LogP contribution < -0.4 is 0 Å². The van der Waals surface area contributed by atoms with Gasteiger partial charge in [-0.3, -0.25) is 0 Å². The maximum Gasteiger partial charge on any atom is 0.335 e. The van der Waals surface area contributed by atoms with Crippen molar-refractivity contribution in [1.29, 1.82) is 0 Å². The second-order valence-electron chi connectivity index (χ2n) is 3.70. The second kappa shape index (κ2) is 4.29. The molecule has 0 aliphatic heterocycles. The molecule has 6 heteroatoms. The summed E-state index contributed by atoms with van der Waals surface area (Å²) in [6.45, 7) is 2.06. The summed E-state index contributed by atoms with van der Waals surface area (Å²) < 4.78 is 27.5. The molecule has 0 radical (unpaired) electrons. The minimum Gasteiger partial charge on any atom is -0.408 e. The van der Waals surface area contributed by atoms with Gasteiger partial charge in [0.05, 0.1) is 0 Å². The summed E-state index contributed by atoms with van der Waals surface area (Å²) >= 11 is 0. The van der Waals surface area contributed by atoms with Gasteiger partial charge < -0.3 is 4.42 Å². The van der Waals surface area contributed by atoms with Crippen molar-refractivity contribution in [2.24, 2.45) is 0 Å². The van der Waals surface area contributed by atoms with E-state index in [9.17, 15) is 8.42 Å². The summed E-state index contributed by atoms with van der Waals surface area (Å²) in [7, 11) is -3.44. The highest BCUT2D eigenvalue weighted by Crippen LogP contribution is 2.20. The quantitative estimate of drug-likeness (QED) is 0.831. The highest BCUT2D eigenvalue weighted by atomic mass is 32.2. The van der Waals surface area contributed by atoms with Crippen LogP contribution in [0.3, 0.4) is 0 Å². The number of rotatable bonds is 3. The number of nitrogens with zero attached hydrogens (tertiary/aromatic N) is 2.